The van der Waals surface area contributed by atoms with E-state index in [9.17, 15) is 0 Å². The molecule has 2 aromatic rings. The second kappa shape index (κ2) is 5.72. The van der Waals surface area contributed by atoms with Crippen molar-refractivity contribution in [1.82, 2.24) is 19.9 Å². The molecule has 0 bridgehead atoms. The molecule has 3 N–H and O–H groups in total. The molecule has 0 radical (unpaired) electrons. The van der Waals surface area contributed by atoms with Gasteiger partial charge in [0.1, 0.15) is 11.8 Å². The minimum absolute atomic E-state index is 0.0449. The highest BCUT2D eigenvalue weighted by Crippen LogP contribution is 2.18. The summed E-state index contributed by atoms with van der Waals surface area (Å²) < 4.78 is 10.8. The number of anilines is 2. The van der Waals surface area contributed by atoms with Crippen molar-refractivity contribution in [3.05, 3.63) is 17.8 Å². The molecular weight excluding hydrogens is 260 g/mol. The molecule has 1 atom stereocenters. The number of hydrogen-bond acceptors (Lipinski definition) is 8. The smallest absolute Gasteiger partial charge is 0.323 e. The zero-order valence-corrected chi connectivity index (χ0v) is 11.9. The predicted molar refractivity (Wildman–Crippen MR) is 73.3 cm³/mol. The van der Waals surface area contributed by atoms with Gasteiger partial charge in [-0.1, -0.05) is 0 Å². The molecule has 0 aromatic carbocycles. The van der Waals surface area contributed by atoms with Crippen molar-refractivity contribution >= 4 is 11.9 Å². The molecule has 108 valence electrons. The highest BCUT2D eigenvalue weighted by molar-refractivity contribution is 5.34. The first kappa shape index (κ1) is 14.0. The van der Waals surface area contributed by atoms with Crippen molar-refractivity contribution in [2.24, 2.45) is 0 Å². The van der Waals surface area contributed by atoms with E-state index in [4.69, 9.17) is 14.9 Å². The second-order valence-corrected chi connectivity index (χ2v) is 4.64. The number of nitrogen functional groups attached to an aromatic ring is 1. The number of aryl methyl sites for hydroxylation is 1. The maximum atomic E-state index is 5.63. The first-order valence-electron chi connectivity index (χ1n) is 6.31. The second-order valence-electron chi connectivity index (χ2n) is 4.64. The zero-order valence-electron chi connectivity index (χ0n) is 11.9. The fourth-order valence-corrected chi connectivity index (χ4v) is 1.53. The lowest BCUT2D eigenvalue weighted by molar-refractivity contribution is 0.222. The summed E-state index contributed by atoms with van der Waals surface area (Å²) in [6, 6.07) is -0.0109. The molecule has 0 fully saturated rings. The van der Waals surface area contributed by atoms with Gasteiger partial charge >= 0.3 is 6.01 Å². The molecule has 0 spiro atoms. The minimum Gasteiger partial charge on any atom is -0.461 e. The number of nitrogens with one attached hydrogen (secondary N) is 1. The Kier molecular flexibility index (Phi) is 4.02. The van der Waals surface area contributed by atoms with Crippen molar-refractivity contribution < 1.29 is 9.15 Å². The Labute approximate surface area is 116 Å². The maximum Gasteiger partial charge on any atom is 0.323 e. The molecular formula is C12H18N6O2. The molecule has 0 amide bonds. The molecule has 0 aliphatic heterocycles. The Hall–Kier alpha value is -2.38. The van der Waals surface area contributed by atoms with Crippen LogP contribution in [-0.2, 0) is 0 Å². The number of hydrogen-bond donors (Lipinski definition) is 2. The van der Waals surface area contributed by atoms with E-state index in [1.165, 1.54) is 0 Å². The number of oxazole rings is 1. The van der Waals surface area contributed by atoms with Crippen LogP contribution in [0.1, 0.15) is 38.5 Å². The van der Waals surface area contributed by atoms with Crippen LogP contribution in [0.15, 0.2) is 10.6 Å². The number of rotatable bonds is 5. The van der Waals surface area contributed by atoms with Crippen LogP contribution in [0, 0.1) is 6.92 Å². The van der Waals surface area contributed by atoms with Crippen molar-refractivity contribution in [2.45, 2.75) is 39.8 Å². The van der Waals surface area contributed by atoms with Gasteiger partial charge in [0.25, 0.3) is 0 Å². The van der Waals surface area contributed by atoms with Gasteiger partial charge in [-0.25, -0.2) is 4.98 Å². The van der Waals surface area contributed by atoms with Gasteiger partial charge in [-0.3, -0.25) is 0 Å². The van der Waals surface area contributed by atoms with E-state index >= 15 is 0 Å². The van der Waals surface area contributed by atoms with E-state index in [0.29, 0.717) is 11.8 Å². The lowest BCUT2D eigenvalue weighted by Gasteiger charge is -2.12. The lowest BCUT2D eigenvalue weighted by Crippen LogP contribution is -2.14. The van der Waals surface area contributed by atoms with Gasteiger partial charge in [-0.2, -0.15) is 15.0 Å². The monoisotopic (exact) mass is 278 g/mol. The van der Waals surface area contributed by atoms with Gasteiger partial charge in [-0.15, -0.1) is 0 Å². The molecule has 1 unspecified atom stereocenters. The minimum atomic E-state index is -0.197. The largest absolute Gasteiger partial charge is 0.461 e. The molecule has 8 heteroatoms. The molecule has 0 aliphatic rings. The third-order valence-electron chi connectivity index (χ3n) is 2.33. The number of ether oxygens (including phenoxy) is 1. The van der Waals surface area contributed by atoms with Crippen LogP contribution in [-0.4, -0.2) is 26.0 Å². The molecule has 0 saturated heterocycles. The Morgan fingerprint density at radius 2 is 2.00 bits per heavy atom. The summed E-state index contributed by atoms with van der Waals surface area (Å²) in [6.07, 6.45) is 1.61. The van der Waals surface area contributed by atoms with Crippen LogP contribution in [0.4, 0.5) is 11.9 Å². The van der Waals surface area contributed by atoms with E-state index < -0.39 is 0 Å². The van der Waals surface area contributed by atoms with Gasteiger partial charge in [0, 0.05) is 0 Å². The van der Waals surface area contributed by atoms with Crippen LogP contribution in [0.5, 0.6) is 6.01 Å². The quantitative estimate of drug-likeness (QED) is 0.850. The first-order valence-corrected chi connectivity index (χ1v) is 6.31. The fraction of sp³-hybridized carbons (Fsp3) is 0.500. The van der Waals surface area contributed by atoms with E-state index in [1.807, 2.05) is 27.7 Å². The highest BCUT2D eigenvalue weighted by atomic mass is 16.5. The Morgan fingerprint density at radius 3 is 2.60 bits per heavy atom. The van der Waals surface area contributed by atoms with Crippen LogP contribution in [0.2, 0.25) is 0 Å². The van der Waals surface area contributed by atoms with Crippen molar-refractivity contribution in [1.29, 1.82) is 0 Å². The Bertz CT molecular complexity index is 583. The molecule has 2 heterocycles. The van der Waals surface area contributed by atoms with Crippen molar-refractivity contribution in [2.75, 3.05) is 11.1 Å². The molecule has 8 nitrogen and oxygen atoms in total. The van der Waals surface area contributed by atoms with Gasteiger partial charge in [-0.05, 0) is 27.7 Å². The van der Waals surface area contributed by atoms with E-state index in [0.717, 1.165) is 5.76 Å². The van der Waals surface area contributed by atoms with Crippen molar-refractivity contribution in [3.8, 4) is 6.01 Å². The SMILES string of the molecule is Cc1cnc(C(C)Nc2nc(N)nc(OC(C)C)n2)o1. The zero-order chi connectivity index (χ0) is 14.7. The lowest BCUT2D eigenvalue weighted by atomic mass is 10.3. The van der Waals surface area contributed by atoms with Crippen LogP contribution < -0.4 is 15.8 Å². The van der Waals surface area contributed by atoms with Gasteiger partial charge in [0.15, 0.2) is 0 Å². The Morgan fingerprint density at radius 1 is 1.25 bits per heavy atom. The fourth-order valence-electron chi connectivity index (χ4n) is 1.53. The standard InChI is InChI=1S/C12H18N6O2/c1-6(2)19-12-17-10(13)16-11(18-12)15-8(4)9-14-5-7(3)20-9/h5-6,8H,1-4H3,(H3,13,15,16,17,18). The first-order chi connectivity index (χ1) is 9.44. The molecule has 2 rings (SSSR count). The summed E-state index contributed by atoms with van der Waals surface area (Å²) in [5, 5.41) is 3.05. The normalized spacial score (nSPS) is 12.4. The van der Waals surface area contributed by atoms with Crippen molar-refractivity contribution in [3.63, 3.8) is 0 Å². The summed E-state index contributed by atoms with van der Waals surface area (Å²) >= 11 is 0. The topological polar surface area (TPSA) is 112 Å². The highest BCUT2D eigenvalue weighted by Gasteiger charge is 2.14. The predicted octanol–water partition coefficient (Wildman–Crippen LogP) is 1.71. The number of nitrogens with zero attached hydrogens (tertiary/aromatic N) is 4. The van der Waals surface area contributed by atoms with E-state index in [-0.39, 0.29) is 24.1 Å². The third-order valence-corrected chi connectivity index (χ3v) is 2.33. The molecule has 0 saturated carbocycles. The summed E-state index contributed by atoms with van der Waals surface area (Å²) in [5.41, 5.74) is 5.63. The average molecular weight is 278 g/mol. The van der Waals surface area contributed by atoms with Crippen LogP contribution in [0.25, 0.3) is 0 Å². The Balaban J connectivity index is 2.14. The summed E-state index contributed by atoms with van der Waals surface area (Å²) in [5.74, 6) is 1.70. The summed E-state index contributed by atoms with van der Waals surface area (Å²) in [6.45, 7) is 7.48. The number of nitrogens with two attached hydrogens (primary N) is 1. The third kappa shape index (κ3) is 3.56. The van der Waals surface area contributed by atoms with Gasteiger partial charge in [0.2, 0.25) is 17.8 Å². The van der Waals surface area contributed by atoms with Gasteiger partial charge < -0.3 is 20.2 Å². The van der Waals surface area contributed by atoms with Crippen LogP contribution in [0.3, 0.4) is 0 Å². The van der Waals surface area contributed by atoms with Gasteiger partial charge in [0.05, 0.1) is 12.3 Å². The number of aromatic nitrogens is 4. The molecule has 0 aliphatic carbocycles. The van der Waals surface area contributed by atoms with Crippen LogP contribution >= 0.6 is 0 Å². The average Bonchev–Trinajstić information content (AvgIpc) is 2.74. The summed E-state index contributed by atoms with van der Waals surface area (Å²) in [4.78, 5) is 16.2. The summed E-state index contributed by atoms with van der Waals surface area (Å²) in [7, 11) is 0. The molecule has 20 heavy (non-hydrogen) atoms. The maximum absolute atomic E-state index is 5.63. The van der Waals surface area contributed by atoms with E-state index in [2.05, 4.69) is 25.3 Å². The molecule has 2 aromatic heterocycles. The van der Waals surface area contributed by atoms with E-state index in [1.54, 1.807) is 6.20 Å².